The highest BCUT2D eigenvalue weighted by molar-refractivity contribution is 5.89. The van der Waals surface area contributed by atoms with Gasteiger partial charge in [-0.15, -0.1) is 6.42 Å². The maximum Gasteiger partial charge on any atom is 0.351 e. The molecule has 1 aliphatic heterocycles. The van der Waals surface area contributed by atoms with Gasteiger partial charge in [0.25, 0.3) is 0 Å². The quantitative estimate of drug-likeness (QED) is 0.208. The van der Waals surface area contributed by atoms with Gasteiger partial charge >= 0.3 is 5.69 Å². The van der Waals surface area contributed by atoms with Crippen molar-refractivity contribution in [3.63, 3.8) is 0 Å². The van der Waals surface area contributed by atoms with Crippen molar-refractivity contribution in [2.24, 2.45) is 0 Å². The van der Waals surface area contributed by atoms with Gasteiger partial charge in [0.05, 0.1) is 6.61 Å². The number of aromatic nitrogens is 2. The highest BCUT2D eigenvalue weighted by Crippen LogP contribution is 2.36. The summed E-state index contributed by atoms with van der Waals surface area (Å²) in [7, 11) is 0. The summed E-state index contributed by atoms with van der Waals surface area (Å²) in [4.78, 5) is 39.1. The highest BCUT2D eigenvalue weighted by atomic mass is 16.6. The van der Waals surface area contributed by atoms with Crippen LogP contribution in [0.4, 0.5) is 5.82 Å². The standard InChI is InChI=1S/C20H27N3O8/c1-2-20(30)14(12-25)31-18(17(20)28)23-10-9-15(22-19(23)29)21-16(27)8-6-4-3-5-7-13(26)11-24/h1,9-10,14,17-18,24-25,28,30H,3-8,11-12H2,(H,21,22,27,29)/t14-,17+,18-,20-/m1/s1. The zero-order valence-electron chi connectivity index (χ0n) is 16.9. The van der Waals surface area contributed by atoms with Crippen molar-refractivity contribution in [1.29, 1.82) is 0 Å². The van der Waals surface area contributed by atoms with Crippen LogP contribution in [0.1, 0.15) is 44.8 Å². The predicted octanol–water partition coefficient (Wildman–Crippen LogP) is -1.30. The predicted molar refractivity (Wildman–Crippen MR) is 108 cm³/mol. The van der Waals surface area contributed by atoms with E-state index in [1.54, 1.807) is 0 Å². The first-order valence-electron chi connectivity index (χ1n) is 9.93. The van der Waals surface area contributed by atoms with Gasteiger partial charge in [-0.1, -0.05) is 18.8 Å². The topological polar surface area (TPSA) is 171 Å². The molecule has 0 bridgehead atoms. The number of amides is 1. The number of ketones is 1. The normalized spacial score (nSPS) is 25.2. The number of hydrogen-bond donors (Lipinski definition) is 5. The average Bonchev–Trinajstić information content (AvgIpc) is 3.01. The van der Waals surface area contributed by atoms with E-state index in [1.807, 2.05) is 5.92 Å². The average molecular weight is 437 g/mol. The lowest BCUT2D eigenvalue weighted by atomic mass is 9.93. The lowest BCUT2D eigenvalue weighted by Crippen LogP contribution is -2.48. The smallest absolute Gasteiger partial charge is 0.351 e. The molecule has 11 nitrogen and oxygen atoms in total. The van der Waals surface area contributed by atoms with E-state index in [-0.39, 0.29) is 23.9 Å². The molecular weight excluding hydrogens is 410 g/mol. The molecular formula is C20H27N3O8. The Bertz CT molecular complexity index is 880. The summed E-state index contributed by atoms with van der Waals surface area (Å²) in [6.45, 7) is -1.12. The molecule has 0 aromatic carbocycles. The summed E-state index contributed by atoms with van der Waals surface area (Å²) in [6, 6.07) is 1.33. The number of nitrogens with zero attached hydrogens (tertiary/aromatic N) is 2. The Balaban J connectivity index is 1.89. The number of hydrogen-bond acceptors (Lipinski definition) is 9. The Morgan fingerprint density at radius 3 is 2.48 bits per heavy atom. The molecule has 0 spiro atoms. The number of rotatable bonds is 11. The van der Waals surface area contributed by atoms with Gasteiger partial charge in [-0.2, -0.15) is 4.98 Å². The Hall–Kier alpha value is -2.62. The van der Waals surface area contributed by atoms with E-state index >= 15 is 0 Å². The van der Waals surface area contributed by atoms with Gasteiger partial charge in [-0.3, -0.25) is 14.2 Å². The molecule has 2 rings (SSSR count). The summed E-state index contributed by atoms with van der Waals surface area (Å²) in [5.41, 5.74) is -3.02. The van der Waals surface area contributed by atoms with Crippen molar-refractivity contribution >= 4 is 17.5 Å². The molecule has 31 heavy (non-hydrogen) atoms. The van der Waals surface area contributed by atoms with Crippen molar-refractivity contribution in [3.05, 3.63) is 22.7 Å². The number of carbonyl (C=O) groups is 2. The first-order chi connectivity index (χ1) is 14.8. The van der Waals surface area contributed by atoms with Crippen LogP contribution in [0.5, 0.6) is 0 Å². The molecule has 1 aliphatic rings. The molecule has 4 atom stereocenters. The number of ether oxygens (including phenoxy) is 1. The van der Waals surface area contributed by atoms with Gasteiger partial charge in [0.1, 0.15) is 24.6 Å². The van der Waals surface area contributed by atoms with E-state index in [0.29, 0.717) is 19.3 Å². The lowest BCUT2D eigenvalue weighted by Gasteiger charge is -2.24. The third kappa shape index (κ3) is 5.96. The number of aliphatic hydroxyl groups excluding tert-OH is 3. The SMILES string of the molecule is C#C[C@@]1(O)[C@@H](CO)O[C@@H](n2ccc(NC(=O)CCCCCCC(=O)CO)nc2=O)[C@@H]1O. The molecule has 1 aromatic rings. The molecule has 1 fully saturated rings. The van der Waals surface area contributed by atoms with E-state index in [2.05, 4.69) is 10.3 Å². The number of carbonyl (C=O) groups excluding carboxylic acids is 2. The summed E-state index contributed by atoms with van der Waals surface area (Å²) >= 11 is 0. The van der Waals surface area contributed by atoms with E-state index in [1.165, 1.54) is 12.3 Å². The number of Topliss-reactive ketones (excluding diaryl/α,β-unsaturated/α-hetero) is 1. The van der Waals surface area contributed by atoms with Crippen LogP contribution in [0, 0.1) is 12.3 Å². The first-order valence-corrected chi connectivity index (χ1v) is 9.93. The molecule has 0 saturated carbocycles. The monoisotopic (exact) mass is 437 g/mol. The van der Waals surface area contributed by atoms with Crippen molar-refractivity contribution in [2.45, 2.75) is 62.6 Å². The molecule has 0 radical (unpaired) electrons. The first kappa shape index (κ1) is 24.6. The highest BCUT2D eigenvalue weighted by Gasteiger charge is 2.55. The van der Waals surface area contributed by atoms with Gasteiger partial charge in [-0.25, -0.2) is 4.79 Å². The lowest BCUT2D eigenvalue weighted by molar-refractivity contribution is -0.122. The van der Waals surface area contributed by atoms with Gasteiger partial charge < -0.3 is 30.5 Å². The van der Waals surface area contributed by atoms with Gasteiger partial charge in [0.15, 0.2) is 17.6 Å². The molecule has 1 saturated heterocycles. The summed E-state index contributed by atoms with van der Waals surface area (Å²) < 4.78 is 6.24. The molecule has 170 valence electrons. The van der Waals surface area contributed by atoms with Gasteiger partial charge in [0, 0.05) is 19.0 Å². The van der Waals surface area contributed by atoms with Crippen molar-refractivity contribution in [3.8, 4) is 12.3 Å². The number of nitrogens with one attached hydrogen (secondary N) is 1. The van der Waals surface area contributed by atoms with E-state index in [0.717, 1.165) is 17.4 Å². The van der Waals surface area contributed by atoms with Crippen LogP contribution in [-0.2, 0) is 14.3 Å². The van der Waals surface area contributed by atoms with E-state index < -0.39 is 42.9 Å². The molecule has 0 aliphatic carbocycles. The van der Waals surface area contributed by atoms with Crippen LogP contribution >= 0.6 is 0 Å². The Morgan fingerprint density at radius 2 is 1.94 bits per heavy atom. The Morgan fingerprint density at radius 1 is 1.26 bits per heavy atom. The largest absolute Gasteiger partial charge is 0.394 e. The third-order valence-corrected chi connectivity index (χ3v) is 5.07. The zero-order chi connectivity index (χ0) is 23.0. The molecule has 1 amide bonds. The number of unbranched alkanes of at least 4 members (excludes halogenated alkanes) is 3. The summed E-state index contributed by atoms with van der Waals surface area (Å²) in [5.74, 6) is 1.46. The Kier molecular flexibility index (Phi) is 8.85. The van der Waals surface area contributed by atoms with E-state index in [4.69, 9.17) is 16.3 Å². The second kappa shape index (κ2) is 11.1. The summed E-state index contributed by atoms with van der Waals surface area (Å²) in [5, 5.41) is 41.1. The number of terminal acetylenes is 1. The van der Waals surface area contributed by atoms with E-state index in [9.17, 15) is 29.7 Å². The molecule has 1 aromatic heterocycles. The molecule has 11 heteroatoms. The van der Waals surface area contributed by atoms with Gasteiger partial charge in [0.2, 0.25) is 5.91 Å². The maximum absolute atomic E-state index is 12.3. The molecule has 5 N–H and O–H groups in total. The van der Waals surface area contributed by atoms with Crippen LogP contribution in [0.25, 0.3) is 0 Å². The fraction of sp³-hybridized carbons (Fsp3) is 0.600. The van der Waals surface area contributed by atoms with Crippen LogP contribution in [0.3, 0.4) is 0 Å². The fourth-order valence-electron chi connectivity index (χ4n) is 3.25. The van der Waals surface area contributed by atoms with Crippen LogP contribution in [-0.4, -0.2) is 72.7 Å². The second-order valence-corrected chi connectivity index (χ2v) is 7.27. The van der Waals surface area contributed by atoms with Crippen LogP contribution in [0.15, 0.2) is 17.1 Å². The fourth-order valence-corrected chi connectivity index (χ4v) is 3.25. The minimum Gasteiger partial charge on any atom is -0.394 e. The maximum atomic E-state index is 12.3. The molecule has 0 unspecified atom stereocenters. The minimum atomic E-state index is -2.17. The zero-order valence-corrected chi connectivity index (χ0v) is 16.9. The second-order valence-electron chi connectivity index (χ2n) is 7.27. The number of aliphatic hydroxyl groups is 4. The van der Waals surface area contributed by atoms with Crippen molar-refractivity contribution in [1.82, 2.24) is 9.55 Å². The van der Waals surface area contributed by atoms with Crippen LogP contribution in [0.2, 0.25) is 0 Å². The van der Waals surface area contributed by atoms with Crippen molar-refractivity contribution in [2.75, 3.05) is 18.5 Å². The summed E-state index contributed by atoms with van der Waals surface area (Å²) in [6.07, 6.45) is 5.41. The number of anilines is 1. The third-order valence-electron chi connectivity index (χ3n) is 5.07. The van der Waals surface area contributed by atoms with Crippen LogP contribution < -0.4 is 11.0 Å². The Labute approximate surface area is 178 Å². The van der Waals surface area contributed by atoms with Crippen molar-refractivity contribution < 1.29 is 34.8 Å². The molecule has 2 heterocycles. The van der Waals surface area contributed by atoms with Gasteiger partial charge in [-0.05, 0) is 18.9 Å². The minimum absolute atomic E-state index is 0.0122.